The molecule has 3 unspecified atom stereocenters. The van der Waals surface area contributed by atoms with E-state index in [4.69, 9.17) is 9.47 Å². The Hall–Kier alpha value is -0.0800. The van der Waals surface area contributed by atoms with E-state index in [9.17, 15) is 0 Å². The second-order valence-electron chi connectivity index (χ2n) is 4.02. The van der Waals surface area contributed by atoms with Crippen molar-refractivity contribution in [1.82, 2.24) is 0 Å². The highest BCUT2D eigenvalue weighted by atomic mass is 16.7. The van der Waals surface area contributed by atoms with Crippen LogP contribution in [0.15, 0.2) is 0 Å². The molecule has 12 heavy (non-hydrogen) atoms. The van der Waals surface area contributed by atoms with Crippen molar-refractivity contribution >= 4 is 0 Å². The fraction of sp³-hybridized carbons (Fsp3) is 1.00. The summed E-state index contributed by atoms with van der Waals surface area (Å²) >= 11 is 0. The zero-order valence-corrected chi connectivity index (χ0v) is 8.70. The van der Waals surface area contributed by atoms with Gasteiger partial charge < -0.3 is 9.47 Å². The van der Waals surface area contributed by atoms with E-state index in [1.165, 1.54) is 0 Å². The summed E-state index contributed by atoms with van der Waals surface area (Å²) in [5, 5.41) is 0. The fourth-order valence-electron chi connectivity index (χ4n) is 1.88. The van der Waals surface area contributed by atoms with Gasteiger partial charge in [0.05, 0.1) is 6.10 Å². The molecule has 0 amide bonds. The van der Waals surface area contributed by atoms with Crippen molar-refractivity contribution in [3.8, 4) is 0 Å². The maximum Gasteiger partial charge on any atom is 0.160 e. The van der Waals surface area contributed by atoms with Gasteiger partial charge in [-0.15, -0.1) is 0 Å². The molecule has 1 fully saturated rings. The molecule has 5 atom stereocenters. The van der Waals surface area contributed by atoms with E-state index < -0.39 is 0 Å². The number of hydrogen-bond acceptors (Lipinski definition) is 2. The topological polar surface area (TPSA) is 18.5 Å². The van der Waals surface area contributed by atoms with Crippen molar-refractivity contribution in [2.24, 2.45) is 17.8 Å². The van der Waals surface area contributed by atoms with Crippen molar-refractivity contribution in [3.05, 3.63) is 0 Å². The normalized spacial score (nSPS) is 49.2. The lowest BCUT2D eigenvalue weighted by atomic mass is 9.79. The Morgan fingerprint density at radius 1 is 0.917 bits per heavy atom. The van der Waals surface area contributed by atoms with Crippen LogP contribution < -0.4 is 0 Å². The fourth-order valence-corrected chi connectivity index (χ4v) is 1.88. The Labute approximate surface area is 75.2 Å². The van der Waals surface area contributed by atoms with E-state index in [0.717, 1.165) is 0 Å². The van der Waals surface area contributed by atoms with Gasteiger partial charge in [0, 0.05) is 13.0 Å². The molecule has 0 spiro atoms. The lowest BCUT2D eigenvalue weighted by Crippen LogP contribution is -2.44. The second kappa shape index (κ2) is 3.75. The maximum absolute atomic E-state index is 5.71. The van der Waals surface area contributed by atoms with E-state index in [1.807, 2.05) is 0 Å². The van der Waals surface area contributed by atoms with Gasteiger partial charge in [0.2, 0.25) is 0 Å². The summed E-state index contributed by atoms with van der Waals surface area (Å²) in [5.74, 6) is 1.81. The van der Waals surface area contributed by atoms with E-state index in [0.29, 0.717) is 23.9 Å². The molecular weight excluding hydrogens is 152 g/mol. The molecule has 0 aliphatic carbocycles. The van der Waals surface area contributed by atoms with E-state index in [2.05, 4.69) is 27.7 Å². The van der Waals surface area contributed by atoms with Gasteiger partial charge in [-0.25, -0.2) is 0 Å². The highest BCUT2D eigenvalue weighted by molar-refractivity contribution is 4.80. The van der Waals surface area contributed by atoms with Crippen LogP contribution >= 0.6 is 0 Å². The average molecular weight is 172 g/mol. The summed E-state index contributed by atoms with van der Waals surface area (Å²) in [6.07, 6.45) is 0.312. The van der Waals surface area contributed by atoms with Crippen LogP contribution in [-0.4, -0.2) is 19.5 Å². The highest BCUT2D eigenvalue weighted by Crippen LogP contribution is 2.34. The van der Waals surface area contributed by atoms with Gasteiger partial charge in [0.1, 0.15) is 0 Å². The molecule has 1 aliphatic rings. The highest BCUT2D eigenvalue weighted by Gasteiger charge is 2.36. The SMILES string of the molecule is CO[C@@H]1OC(C)[C@H](C)C(C)C1C. The summed E-state index contributed by atoms with van der Waals surface area (Å²) in [6.45, 7) is 8.85. The molecule has 2 nitrogen and oxygen atoms in total. The molecular formula is C10H20O2. The van der Waals surface area contributed by atoms with Crippen LogP contribution in [0.4, 0.5) is 0 Å². The van der Waals surface area contributed by atoms with Crippen LogP contribution in [0.5, 0.6) is 0 Å². The standard InChI is InChI=1S/C10H20O2/c1-6-7(2)9(4)12-10(11-5)8(6)3/h6-10H,1-5H3/t6?,7-,8?,9?,10-/m1/s1. The van der Waals surface area contributed by atoms with Crippen molar-refractivity contribution in [1.29, 1.82) is 0 Å². The molecule has 0 saturated carbocycles. The molecule has 0 bridgehead atoms. The first-order chi connectivity index (χ1) is 5.57. The first-order valence-electron chi connectivity index (χ1n) is 4.76. The Morgan fingerprint density at radius 3 is 2.00 bits per heavy atom. The molecule has 1 heterocycles. The first-order valence-corrected chi connectivity index (χ1v) is 4.76. The van der Waals surface area contributed by atoms with Crippen molar-refractivity contribution in [2.75, 3.05) is 7.11 Å². The van der Waals surface area contributed by atoms with Crippen LogP contribution in [0.1, 0.15) is 27.7 Å². The number of hydrogen-bond donors (Lipinski definition) is 0. The van der Waals surface area contributed by atoms with Crippen LogP contribution in [0.2, 0.25) is 0 Å². The van der Waals surface area contributed by atoms with Crippen molar-refractivity contribution < 1.29 is 9.47 Å². The van der Waals surface area contributed by atoms with Crippen molar-refractivity contribution in [2.45, 2.75) is 40.1 Å². The zero-order valence-electron chi connectivity index (χ0n) is 8.70. The van der Waals surface area contributed by atoms with Crippen LogP contribution in [0.25, 0.3) is 0 Å². The predicted molar refractivity (Wildman–Crippen MR) is 48.8 cm³/mol. The largest absolute Gasteiger partial charge is 0.356 e. The lowest BCUT2D eigenvalue weighted by Gasteiger charge is -2.41. The van der Waals surface area contributed by atoms with Gasteiger partial charge in [0.25, 0.3) is 0 Å². The summed E-state index contributed by atoms with van der Waals surface area (Å²) in [6, 6.07) is 0. The zero-order chi connectivity index (χ0) is 9.30. The molecule has 0 aromatic carbocycles. The molecule has 72 valence electrons. The van der Waals surface area contributed by atoms with Gasteiger partial charge in [-0.3, -0.25) is 0 Å². The monoisotopic (exact) mass is 172 g/mol. The second-order valence-corrected chi connectivity index (χ2v) is 4.02. The van der Waals surface area contributed by atoms with Gasteiger partial charge >= 0.3 is 0 Å². The minimum Gasteiger partial charge on any atom is -0.356 e. The summed E-state index contributed by atoms with van der Waals surface area (Å²) in [7, 11) is 1.72. The third kappa shape index (κ3) is 1.64. The summed E-state index contributed by atoms with van der Waals surface area (Å²) in [5.41, 5.74) is 0. The third-order valence-corrected chi connectivity index (χ3v) is 3.41. The molecule has 1 saturated heterocycles. The molecule has 0 N–H and O–H groups in total. The molecule has 0 aromatic rings. The van der Waals surface area contributed by atoms with E-state index in [-0.39, 0.29) is 6.29 Å². The number of rotatable bonds is 1. The third-order valence-electron chi connectivity index (χ3n) is 3.41. The van der Waals surface area contributed by atoms with E-state index in [1.54, 1.807) is 7.11 Å². The maximum atomic E-state index is 5.71. The summed E-state index contributed by atoms with van der Waals surface area (Å²) in [4.78, 5) is 0. The van der Waals surface area contributed by atoms with Crippen molar-refractivity contribution in [3.63, 3.8) is 0 Å². The molecule has 1 aliphatic heterocycles. The molecule has 0 aromatic heterocycles. The Balaban J connectivity index is 2.63. The van der Waals surface area contributed by atoms with Gasteiger partial charge in [0.15, 0.2) is 6.29 Å². The lowest BCUT2D eigenvalue weighted by molar-refractivity contribution is -0.232. The number of methoxy groups -OCH3 is 1. The van der Waals surface area contributed by atoms with Gasteiger partial charge in [-0.1, -0.05) is 20.8 Å². The Kier molecular flexibility index (Phi) is 3.13. The molecule has 0 radical (unpaired) electrons. The minimum atomic E-state index is -0.00815. The quantitative estimate of drug-likeness (QED) is 0.604. The van der Waals surface area contributed by atoms with E-state index >= 15 is 0 Å². The number of ether oxygens (including phenoxy) is 2. The van der Waals surface area contributed by atoms with Crippen LogP contribution in [0.3, 0.4) is 0 Å². The summed E-state index contributed by atoms with van der Waals surface area (Å²) < 4.78 is 11.0. The van der Waals surface area contributed by atoms with Gasteiger partial charge in [-0.2, -0.15) is 0 Å². The predicted octanol–water partition coefficient (Wildman–Crippen LogP) is 2.29. The Morgan fingerprint density at radius 2 is 1.50 bits per heavy atom. The van der Waals surface area contributed by atoms with Crippen LogP contribution in [0, 0.1) is 17.8 Å². The minimum absolute atomic E-state index is 0.00815. The average Bonchev–Trinajstić information content (AvgIpc) is 2.08. The molecule has 1 rings (SSSR count). The van der Waals surface area contributed by atoms with Gasteiger partial charge in [-0.05, 0) is 18.8 Å². The van der Waals surface area contributed by atoms with Crippen LogP contribution in [-0.2, 0) is 9.47 Å². The molecule has 2 heteroatoms. The first kappa shape index (κ1) is 10.0. The smallest absolute Gasteiger partial charge is 0.160 e. The Bertz CT molecular complexity index is 142.